The molecule has 0 unspecified atom stereocenters. The molecule has 0 atom stereocenters. The van der Waals surface area contributed by atoms with Crippen molar-refractivity contribution in [2.45, 2.75) is 0 Å². The predicted octanol–water partition coefficient (Wildman–Crippen LogP) is 3.59. The van der Waals surface area contributed by atoms with Gasteiger partial charge in [-0.3, -0.25) is 0 Å². The highest BCUT2D eigenvalue weighted by Gasteiger charge is 2.04. The van der Waals surface area contributed by atoms with Crippen LogP contribution in [0.3, 0.4) is 0 Å². The van der Waals surface area contributed by atoms with E-state index in [1.54, 1.807) is 6.07 Å². The summed E-state index contributed by atoms with van der Waals surface area (Å²) in [7, 11) is 0. The van der Waals surface area contributed by atoms with Gasteiger partial charge in [0, 0.05) is 6.08 Å². The largest absolute Gasteiger partial charge is 0.478 e. The summed E-state index contributed by atoms with van der Waals surface area (Å²) in [5.74, 6) is -1.45. The van der Waals surface area contributed by atoms with E-state index < -0.39 is 5.97 Å². The molecule has 2 rings (SSSR count). The molecule has 0 radical (unpaired) electrons. The fourth-order valence-corrected chi connectivity index (χ4v) is 1.71. The number of carbonyl (C=O) groups is 1. The summed E-state index contributed by atoms with van der Waals surface area (Å²) in [5.41, 5.74) is 2.26. The van der Waals surface area contributed by atoms with Gasteiger partial charge < -0.3 is 5.11 Å². The van der Waals surface area contributed by atoms with Crippen LogP contribution in [-0.2, 0) is 4.79 Å². The lowest BCUT2D eigenvalue weighted by atomic mass is 9.99. The van der Waals surface area contributed by atoms with Gasteiger partial charge in [0.15, 0.2) is 0 Å². The monoisotopic (exact) mass is 242 g/mol. The highest BCUT2D eigenvalue weighted by atomic mass is 19.1. The Hall–Kier alpha value is -2.42. The maximum Gasteiger partial charge on any atom is 0.328 e. The maximum atomic E-state index is 13.2. The van der Waals surface area contributed by atoms with Crippen molar-refractivity contribution in [3.63, 3.8) is 0 Å². The summed E-state index contributed by atoms with van der Waals surface area (Å²) in [6.07, 6.45) is 2.40. The predicted molar refractivity (Wildman–Crippen MR) is 68.5 cm³/mol. The van der Waals surface area contributed by atoms with Gasteiger partial charge in [-0.05, 0) is 34.9 Å². The highest BCUT2D eigenvalue weighted by Crippen LogP contribution is 2.25. The van der Waals surface area contributed by atoms with Gasteiger partial charge in [-0.15, -0.1) is 0 Å². The van der Waals surface area contributed by atoms with Crippen LogP contribution in [-0.4, -0.2) is 11.1 Å². The molecule has 18 heavy (non-hydrogen) atoms. The van der Waals surface area contributed by atoms with Crippen molar-refractivity contribution < 1.29 is 14.3 Å². The number of carboxylic acid groups (broad SMARTS) is 1. The number of rotatable bonds is 3. The van der Waals surface area contributed by atoms with Gasteiger partial charge in [-0.25, -0.2) is 9.18 Å². The summed E-state index contributed by atoms with van der Waals surface area (Å²) in [6.45, 7) is 0. The lowest BCUT2D eigenvalue weighted by Crippen LogP contribution is -1.89. The first-order chi connectivity index (χ1) is 8.66. The number of halogens is 1. The molecule has 0 saturated heterocycles. The van der Waals surface area contributed by atoms with Crippen LogP contribution in [0.15, 0.2) is 54.6 Å². The molecular weight excluding hydrogens is 231 g/mol. The minimum Gasteiger partial charge on any atom is -0.478 e. The highest BCUT2D eigenvalue weighted by molar-refractivity contribution is 5.87. The zero-order valence-electron chi connectivity index (χ0n) is 9.51. The van der Waals surface area contributed by atoms with Gasteiger partial charge in [0.25, 0.3) is 0 Å². The lowest BCUT2D eigenvalue weighted by Gasteiger charge is -2.06. The topological polar surface area (TPSA) is 37.3 Å². The van der Waals surface area contributed by atoms with Gasteiger partial charge >= 0.3 is 5.97 Å². The van der Waals surface area contributed by atoms with E-state index in [9.17, 15) is 9.18 Å². The van der Waals surface area contributed by atoms with E-state index >= 15 is 0 Å². The minimum absolute atomic E-state index is 0.389. The Labute approximate surface area is 104 Å². The van der Waals surface area contributed by atoms with Crippen molar-refractivity contribution >= 4 is 12.0 Å². The molecule has 2 aromatic carbocycles. The maximum absolute atomic E-state index is 13.2. The molecule has 90 valence electrons. The lowest BCUT2D eigenvalue weighted by molar-refractivity contribution is -0.131. The van der Waals surface area contributed by atoms with Crippen molar-refractivity contribution in [3.05, 3.63) is 66.0 Å². The summed E-state index contributed by atoms with van der Waals surface area (Å²) in [5, 5.41) is 8.63. The first-order valence-corrected chi connectivity index (χ1v) is 5.43. The molecule has 0 saturated carbocycles. The number of carboxylic acids is 1. The summed E-state index contributed by atoms with van der Waals surface area (Å²) >= 11 is 0. The summed E-state index contributed by atoms with van der Waals surface area (Å²) in [4.78, 5) is 10.5. The van der Waals surface area contributed by atoms with E-state index in [0.717, 1.165) is 17.2 Å². The minimum atomic E-state index is -1.06. The van der Waals surface area contributed by atoms with Crippen molar-refractivity contribution in [2.75, 3.05) is 0 Å². The third-order valence-electron chi connectivity index (χ3n) is 2.50. The van der Waals surface area contributed by atoms with Crippen molar-refractivity contribution in [1.29, 1.82) is 0 Å². The Morgan fingerprint density at radius 3 is 2.50 bits per heavy atom. The van der Waals surface area contributed by atoms with E-state index in [0.29, 0.717) is 5.56 Å². The van der Waals surface area contributed by atoms with Crippen LogP contribution in [0.1, 0.15) is 5.56 Å². The van der Waals surface area contributed by atoms with Gasteiger partial charge in [0.1, 0.15) is 5.82 Å². The first kappa shape index (κ1) is 12.0. The Morgan fingerprint density at radius 1 is 1.11 bits per heavy atom. The van der Waals surface area contributed by atoms with Crippen LogP contribution in [0.4, 0.5) is 4.39 Å². The van der Waals surface area contributed by atoms with Crippen LogP contribution in [0.5, 0.6) is 0 Å². The Kier molecular flexibility index (Phi) is 3.53. The molecule has 0 aromatic heterocycles. The Bertz CT molecular complexity index is 589. The molecular formula is C15H11FO2. The molecule has 0 fully saturated rings. The van der Waals surface area contributed by atoms with E-state index in [-0.39, 0.29) is 5.82 Å². The molecule has 0 aliphatic heterocycles. The van der Waals surface area contributed by atoms with Crippen molar-refractivity contribution in [1.82, 2.24) is 0 Å². The molecule has 0 heterocycles. The molecule has 1 N–H and O–H groups in total. The molecule has 3 heteroatoms. The normalized spacial score (nSPS) is 10.7. The first-order valence-electron chi connectivity index (χ1n) is 5.43. The third kappa shape index (κ3) is 2.83. The molecule has 0 spiro atoms. The second-order valence-electron chi connectivity index (χ2n) is 3.77. The molecule has 0 aliphatic rings. The van der Waals surface area contributed by atoms with Crippen molar-refractivity contribution in [3.8, 4) is 11.1 Å². The quantitative estimate of drug-likeness (QED) is 0.835. The Balaban J connectivity index is 2.50. The van der Waals surface area contributed by atoms with Gasteiger partial charge in [-0.1, -0.05) is 36.4 Å². The average Bonchev–Trinajstić information content (AvgIpc) is 2.37. The van der Waals surface area contributed by atoms with Crippen molar-refractivity contribution in [2.24, 2.45) is 0 Å². The van der Waals surface area contributed by atoms with Crippen LogP contribution in [0.2, 0.25) is 0 Å². The zero-order chi connectivity index (χ0) is 13.0. The summed E-state index contributed by atoms with van der Waals surface area (Å²) in [6, 6.07) is 13.8. The van der Waals surface area contributed by atoms with Gasteiger partial charge in [-0.2, -0.15) is 0 Å². The average molecular weight is 242 g/mol. The van der Waals surface area contributed by atoms with Crippen LogP contribution in [0, 0.1) is 5.82 Å². The molecule has 0 amide bonds. The summed E-state index contributed by atoms with van der Waals surface area (Å²) < 4.78 is 13.2. The number of hydrogen-bond donors (Lipinski definition) is 1. The second-order valence-corrected chi connectivity index (χ2v) is 3.77. The fraction of sp³-hybridized carbons (Fsp3) is 0. The SMILES string of the molecule is O=C(O)C=Cc1cc(F)ccc1-c1ccccc1. The fourth-order valence-electron chi connectivity index (χ4n) is 1.71. The van der Waals surface area contributed by atoms with E-state index in [2.05, 4.69) is 0 Å². The van der Waals surface area contributed by atoms with Gasteiger partial charge in [0.05, 0.1) is 0 Å². The van der Waals surface area contributed by atoms with Crippen LogP contribution in [0.25, 0.3) is 17.2 Å². The number of aliphatic carboxylic acids is 1. The zero-order valence-corrected chi connectivity index (χ0v) is 9.51. The van der Waals surface area contributed by atoms with Crippen LogP contribution < -0.4 is 0 Å². The number of benzene rings is 2. The second kappa shape index (κ2) is 5.27. The van der Waals surface area contributed by atoms with Crippen LogP contribution >= 0.6 is 0 Å². The van der Waals surface area contributed by atoms with E-state index in [1.165, 1.54) is 18.2 Å². The Morgan fingerprint density at radius 2 is 1.83 bits per heavy atom. The number of hydrogen-bond acceptors (Lipinski definition) is 1. The molecule has 2 aromatic rings. The standard InChI is InChI=1S/C15H11FO2/c16-13-7-8-14(11-4-2-1-3-5-11)12(10-13)6-9-15(17)18/h1-10H,(H,17,18). The third-order valence-corrected chi connectivity index (χ3v) is 2.50. The molecule has 0 aliphatic carbocycles. The van der Waals surface area contributed by atoms with E-state index in [1.807, 2.05) is 30.3 Å². The molecule has 0 bridgehead atoms. The van der Waals surface area contributed by atoms with E-state index in [4.69, 9.17) is 5.11 Å². The smallest absolute Gasteiger partial charge is 0.328 e. The van der Waals surface area contributed by atoms with Gasteiger partial charge in [0.2, 0.25) is 0 Å². The molecule has 2 nitrogen and oxygen atoms in total.